The highest BCUT2D eigenvalue weighted by Crippen LogP contribution is 2.38. The van der Waals surface area contributed by atoms with Crippen LogP contribution in [0.4, 0.5) is 4.79 Å². The van der Waals surface area contributed by atoms with Gasteiger partial charge in [0.2, 0.25) is 0 Å². The van der Waals surface area contributed by atoms with Gasteiger partial charge in [-0.1, -0.05) is 0 Å². The van der Waals surface area contributed by atoms with E-state index in [-0.39, 0.29) is 12.1 Å². The first-order valence-electron chi connectivity index (χ1n) is 8.17. The molecule has 0 saturated carbocycles. The first kappa shape index (κ1) is 17.5. The second-order valence-corrected chi connectivity index (χ2v) is 6.13. The van der Waals surface area contributed by atoms with Crippen LogP contribution < -0.4 is 14.8 Å². The molecule has 7 heteroatoms. The van der Waals surface area contributed by atoms with Crippen molar-refractivity contribution < 1.29 is 14.3 Å². The van der Waals surface area contributed by atoms with Crippen LogP contribution >= 0.6 is 11.6 Å². The van der Waals surface area contributed by atoms with Gasteiger partial charge in [-0.25, -0.2) is 4.79 Å². The molecule has 0 spiro atoms. The third kappa shape index (κ3) is 3.39. The number of methoxy groups -OCH3 is 2. The molecule has 1 aromatic carbocycles. The predicted molar refractivity (Wildman–Crippen MR) is 96.6 cm³/mol. The van der Waals surface area contributed by atoms with Crippen molar-refractivity contribution in [3.8, 4) is 11.5 Å². The number of halogens is 1. The normalized spacial score (nSPS) is 16.3. The van der Waals surface area contributed by atoms with E-state index in [1.807, 2.05) is 41.4 Å². The molecule has 2 aromatic rings. The van der Waals surface area contributed by atoms with Crippen molar-refractivity contribution in [1.29, 1.82) is 0 Å². The molecule has 1 aliphatic rings. The van der Waals surface area contributed by atoms with Crippen LogP contribution in [-0.2, 0) is 6.54 Å². The SMILES string of the molecule is COc1ccc(C2c3cccn3CCN2C(=O)NCCCl)c(OC)c1. The average Bonchev–Trinajstić information content (AvgIpc) is 3.13. The van der Waals surface area contributed by atoms with Crippen molar-refractivity contribution in [1.82, 2.24) is 14.8 Å². The standard InChI is InChI=1S/C18H22ClN3O3/c1-24-13-5-6-14(16(12-13)25-2)17-15-4-3-9-21(15)10-11-22(17)18(23)20-8-7-19/h3-6,9,12,17H,7-8,10-11H2,1-2H3,(H,20,23). The summed E-state index contributed by atoms with van der Waals surface area (Å²) >= 11 is 5.71. The maximum absolute atomic E-state index is 12.7. The van der Waals surface area contributed by atoms with Crippen molar-refractivity contribution in [3.05, 3.63) is 47.8 Å². The molecule has 1 N–H and O–H groups in total. The third-order valence-electron chi connectivity index (χ3n) is 4.41. The van der Waals surface area contributed by atoms with Gasteiger partial charge < -0.3 is 24.3 Å². The molecule has 1 atom stereocenters. The predicted octanol–water partition coefficient (Wildman–Crippen LogP) is 2.86. The lowest BCUT2D eigenvalue weighted by molar-refractivity contribution is 0.168. The Labute approximate surface area is 152 Å². The number of nitrogens with zero attached hydrogens (tertiary/aromatic N) is 2. The summed E-state index contributed by atoms with van der Waals surface area (Å²) in [6.45, 7) is 1.80. The largest absolute Gasteiger partial charge is 0.497 e. The van der Waals surface area contributed by atoms with Gasteiger partial charge in [-0.05, 0) is 24.3 Å². The fourth-order valence-electron chi connectivity index (χ4n) is 3.23. The van der Waals surface area contributed by atoms with Crippen LogP contribution in [-0.4, -0.2) is 48.7 Å². The third-order valence-corrected chi connectivity index (χ3v) is 4.59. The first-order valence-corrected chi connectivity index (χ1v) is 8.70. The molecule has 0 bridgehead atoms. The molecule has 1 unspecified atom stereocenters. The summed E-state index contributed by atoms with van der Waals surface area (Å²) in [5, 5.41) is 2.87. The van der Waals surface area contributed by atoms with Gasteiger partial charge in [-0.15, -0.1) is 11.6 Å². The summed E-state index contributed by atoms with van der Waals surface area (Å²) in [6.07, 6.45) is 2.03. The molecule has 3 rings (SSSR count). The fraction of sp³-hybridized carbons (Fsp3) is 0.389. The van der Waals surface area contributed by atoms with E-state index in [1.54, 1.807) is 14.2 Å². The molecule has 2 amide bonds. The van der Waals surface area contributed by atoms with E-state index in [1.165, 1.54) is 0 Å². The number of benzene rings is 1. The molecular weight excluding hydrogens is 342 g/mol. The topological polar surface area (TPSA) is 55.7 Å². The molecule has 0 radical (unpaired) electrons. The second kappa shape index (κ2) is 7.70. The van der Waals surface area contributed by atoms with Crippen molar-refractivity contribution >= 4 is 17.6 Å². The first-order chi connectivity index (χ1) is 12.2. The molecule has 1 aromatic heterocycles. The highest BCUT2D eigenvalue weighted by Gasteiger charge is 2.34. The Kier molecular flexibility index (Phi) is 5.38. The fourth-order valence-corrected chi connectivity index (χ4v) is 3.32. The summed E-state index contributed by atoms with van der Waals surface area (Å²) in [7, 11) is 3.24. The number of ether oxygens (including phenoxy) is 2. The summed E-state index contributed by atoms with van der Waals surface area (Å²) in [5.41, 5.74) is 1.97. The average molecular weight is 364 g/mol. The lowest BCUT2D eigenvalue weighted by Crippen LogP contribution is -2.47. The molecule has 0 fully saturated rings. The summed E-state index contributed by atoms with van der Waals surface area (Å²) in [4.78, 5) is 14.5. The maximum Gasteiger partial charge on any atom is 0.318 e. The zero-order chi connectivity index (χ0) is 17.8. The summed E-state index contributed by atoms with van der Waals surface area (Å²) in [6, 6.07) is 9.34. The number of hydrogen-bond acceptors (Lipinski definition) is 3. The van der Waals surface area contributed by atoms with Crippen LogP contribution in [0.15, 0.2) is 36.5 Å². The van der Waals surface area contributed by atoms with E-state index < -0.39 is 0 Å². The number of hydrogen-bond donors (Lipinski definition) is 1. The number of carbonyl (C=O) groups is 1. The van der Waals surface area contributed by atoms with Gasteiger partial charge in [0.1, 0.15) is 17.5 Å². The van der Waals surface area contributed by atoms with Gasteiger partial charge in [-0.2, -0.15) is 0 Å². The molecule has 0 aliphatic carbocycles. The van der Waals surface area contributed by atoms with Gasteiger partial charge in [0, 0.05) is 49.0 Å². The van der Waals surface area contributed by atoms with Crippen LogP contribution in [0.1, 0.15) is 17.3 Å². The van der Waals surface area contributed by atoms with E-state index in [9.17, 15) is 4.79 Å². The smallest absolute Gasteiger partial charge is 0.318 e. The molecule has 0 saturated heterocycles. The van der Waals surface area contributed by atoms with Crippen molar-refractivity contribution in [3.63, 3.8) is 0 Å². The second-order valence-electron chi connectivity index (χ2n) is 5.75. The lowest BCUT2D eigenvalue weighted by Gasteiger charge is -2.37. The summed E-state index contributed by atoms with van der Waals surface area (Å²) in [5.74, 6) is 1.78. The zero-order valence-corrected chi connectivity index (χ0v) is 15.1. The van der Waals surface area contributed by atoms with Gasteiger partial charge in [0.05, 0.1) is 14.2 Å². The van der Waals surface area contributed by atoms with E-state index in [2.05, 4.69) is 9.88 Å². The Bertz CT molecular complexity index is 747. The molecule has 1 aliphatic heterocycles. The maximum atomic E-state index is 12.7. The number of amides is 2. The Morgan fingerprint density at radius 2 is 2.12 bits per heavy atom. The van der Waals surface area contributed by atoms with Crippen LogP contribution in [0, 0.1) is 0 Å². The van der Waals surface area contributed by atoms with Crippen LogP contribution in [0.5, 0.6) is 11.5 Å². The number of carbonyl (C=O) groups excluding carboxylic acids is 1. The number of urea groups is 1. The highest BCUT2D eigenvalue weighted by molar-refractivity contribution is 6.18. The number of aromatic nitrogens is 1. The van der Waals surface area contributed by atoms with E-state index in [0.29, 0.717) is 30.5 Å². The molecular formula is C18H22ClN3O3. The van der Waals surface area contributed by atoms with E-state index >= 15 is 0 Å². The molecule has 25 heavy (non-hydrogen) atoms. The quantitative estimate of drug-likeness (QED) is 0.831. The molecule has 134 valence electrons. The Hall–Kier alpha value is -2.34. The number of alkyl halides is 1. The van der Waals surface area contributed by atoms with Crippen LogP contribution in [0.2, 0.25) is 0 Å². The number of rotatable bonds is 5. The van der Waals surface area contributed by atoms with Crippen molar-refractivity contribution in [2.75, 3.05) is 33.2 Å². The van der Waals surface area contributed by atoms with Gasteiger partial charge in [0.15, 0.2) is 0 Å². The lowest BCUT2D eigenvalue weighted by atomic mass is 9.99. The van der Waals surface area contributed by atoms with E-state index in [0.717, 1.165) is 17.8 Å². The summed E-state index contributed by atoms with van der Waals surface area (Å²) < 4.78 is 13.0. The number of nitrogens with one attached hydrogen (secondary N) is 1. The minimum atomic E-state index is -0.236. The molecule has 6 nitrogen and oxygen atoms in total. The Morgan fingerprint density at radius 1 is 1.28 bits per heavy atom. The van der Waals surface area contributed by atoms with Gasteiger partial charge >= 0.3 is 6.03 Å². The van der Waals surface area contributed by atoms with Crippen LogP contribution in [0.25, 0.3) is 0 Å². The Morgan fingerprint density at radius 3 is 2.84 bits per heavy atom. The minimum Gasteiger partial charge on any atom is -0.497 e. The highest BCUT2D eigenvalue weighted by atomic mass is 35.5. The molecule has 2 heterocycles. The minimum absolute atomic E-state index is 0.129. The van der Waals surface area contributed by atoms with Crippen molar-refractivity contribution in [2.24, 2.45) is 0 Å². The number of fused-ring (bicyclic) bond motifs is 1. The van der Waals surface area contributed by atoms with E-state index in [4.69, 9.17) is 21.1 Å². The Balaban J connectivity index is 2.04. The van der Waals surface area contributed by atoms with Crippen molar-refractivity contribution in [2.45, 2.75) is 12.6 Å². The monoisotopic (exact) mass is 363 g/mol. The van der Waals surface area contributed by atoms with Crippen LogP contribution in [0.3, 0.4) is 0 Å². The zero-order valence-electron chi connectivity index (χ0n) is 14.4. The van der Waals surface area contributed by atoms with Gasteiger partial charge in [-0.3, -0.25) is 0 Å². The van der Waals surface area contributed by atoms with Gasteiger partial charge in [0.25, 0.3) is 0 Å².